The maximum Gasteiger partial charge on any atom is 0.237 e. The minimum Gasteiger partial charge on any atom is -0.353 e. The van der Waals surface area contributed by atoms with Crippen molar-refractivity contribution in [3.8, 4) is 0 Å². The largest absolute Gasteiger partial charge is 0.353 e. The average molecular weight is 315 g/mol. The second kappa shape index (κ2) is 7.59. The molecule has 23 heavy (non-hydrogen) atoms. The Hall–Kier alpha value is -1.88. The van der Waals surface area contributed by atoms with Crippen LogP contribution in [0, 0.1) is 0 Å². The number of nitrogens with zero attached hydrogens (tertiary/aromatic N) is 2. The molecule has 2 saturated heterocycles. The lowest BCUT2D eigenvalue weighted by atomic mass is 10.1. The van der Waals surface area contributed by atoms with Crippen molar-refractivity contribution in [1.29, 1.82) is 0 Å². The highest BCUT2D eigenvalue weighted by atomic mass is 16.2. The van der Waals surface area contributed by atoms with E-state index in [4.69, 9.17) is 0 Å². The van der Waals surface area contributed by atoms with Gasteiger partial charge in [0.05, 0.1) is 6.04 Å². The highest BCUT2D eigenvalue weighted by molar-refractivity contribution is 5.83. The van der Waals surface area contributed by atoms with E-state index in [0.717, 1.165) is 45.4 Å². The zero-order valence-corrected chi connectivity index (χ0v) is 13.5. The summed E-state index contributed by atoms with van der Waals surface area (Å²) in [7, 11) is 0. The summed E-state index contributed by atoms with van der Waals surface area (Å²) in [5.41, 5.74) is 1.28. The number of fused-ring (bicyclic) bond motifs is 1. The number of amides is 2. The molecule has 2 heterocycles. The van der Waals surface area contributed by atoms with Crippen LogP contribution in [0.4, 0.5) is 0 Å². The van der Waals surface area contributed by atoms with Gasteiger partial charge in [0.15, 0.2) is 0 Å². The van der Waals surface area contributed by atoms with Crippen LogP contribution in [0.2, 0.25) is 0 Å². The van der Waals surface area contributed by atoms with Crippen molar-refractivity contribution in [3.63, 3.8) is 0 Å². The van der Waals surface area contributed by atoms with E-state index in [1.807, 2.05) is 23.1 Å². The van der Waals surface area contributed by atoms with Gasteiger partial charge in [-0.2, -0.15) is 0 Å². The highest BCUT2D eigenvalue weighted by Crippen LogP contribution is 2.15. The Balaban J connectivity index is 1.47. The Labute approximate surface area is 137 Å². The summed E-state index contributed by atoms with van der Waals surface area (Å²) in [5, 5.41) is 2.92. The number of hydrogen-bond acceptors (Lipinski definition) is 3. The van der Waals surface area contributed by atoms with Gasteiger partial charge in [0.2, 0.25) is 11.8 Å². The monoisotopic (exact) mass is 315 g/mol. The molecule has 5 heteroatoms. The van der Waals surface area contributed by atoms with Crippen molar-refractivity contribution in [2.45, 2.75) is 31.7 Å². The maximum atomic E-state index is 12.4. The van der Waals surface area contributed by atoms with Crippen LogP contribution in [0.15, 0.2) is 30.3 Å². The number of carbonyl (C=O) groups is 2. The first-order valence-electron chi connectivity index (χ1n) is 8.57. The molecule has 0 aromatic heterocycles. The molecule has 1 N–H and O–H groups in total. The minimum absolute atomic E-state index is 0.0501. The van der Waals surface area contributed by atoms with Crippen molar-refractivity contribution < 1.29 is 9.59 Å². The summed E-state index contributed by atoms with van der Waals surface area (Å²) in [6.07, 6.45) is 3.16. The van der Waals surface area contributed by atoms with Crippen LogP contribution in [0.5, 0.6) is 0 Å². The van der Waals surface area contributed by atoms with Gasteiger partial charge in [-0.05, 0) is 24.8 Å². The number of hydrogen-bond donors (Lipinski definition) is 1. The Morgan fingerprint density at radius 3 is 2.78 bits per heavy atom. The zero-order valence-electron chi connectivity index (χ0n) is 13.5. The number of benzene rings is 1. The van der Waals surface area contributed by atoms with Crippen molar-refractivity contribution in [2.24, 2.45) is 0 Å². The van der Waals surface area contributed by atoms with Gasteiger partial charge in [0, 0.05) is 39.1 Å². The van der Waals surface area contributed by atoms with Crippen molar-refractivity contribution in [2.75, 3.05) is 32.7 Å². The van der Waals surface area contributed by atoms with Crippen LogP contribution >= 0.6 is 0 Å². The lowest BCUT2D eigenvalue weighted by Gasteiger charge is -2.32. The quantitative estimate of drug-likeness (QED) is 0.903. The van der Waals surface area contributed by atoms with Gasteiger partial charge < -0.3 is 10.2 Å². The fourth-order valence-corrected chi connectivity index (χ4v) is 3.48. The third-order valence-electron chi connectivity index (χ3n) is 4.82. The van der Waals surface area contributed by atoms with Crippen LogP contribution in [0.1, 0.15) is 24.8 Å². The molecular formula is C18H25N3O2. The summed E-state index contributed by atoms with van der Waals surface area (Å²) in [6, 6.07) is 10.2. The van der Waals surface area contributed by atoms with Gasteiger partial charge >= 0.3 is 0 Å². The van der Waals surface area contributed by atoms with E-state index in [1.54, 1.807) is 0 Å². The molecule has 0 unspecified atom stereocenters. The Kier molecular flexibility index (Phi) is 5.28. The molecule has 0 aliphatic carbocycles. The maximum absolute atomic E-state index is 12.4. The lowest BCUT2D eigenvalue weighted by molar-refractivity contribution is -0.131. The molecule has 5 nitrogen and oxygen atoms in total. The van der Waals surface area contributed by atoms with Crippen LogP contribution in [-0.4, -0.2) is 60.4 Å². The van der Waals surface area contributed by atoms with Crippen LogP contribution in [0.25, 0.3) is 0 Å². The molecule has 0 bridgehead atoms. The summed E-state index contributed by atoms with van der Waals surface area (Å²) in [5.74, 6) is 0.343. The predicted octanol–water partition coefficient (Wildman–Crippen LogP) is 1.04. The van der Waals surface area contributed by atoms with Gasteiger partial charge in [0.25, 0.3) is 0 Å². The lowest BCUT2D eigenvalue weighted by Crippen LogP contribution is -2.55. The molecule has 124 valence electrons. The molecule has 1 aromatic carbocycles. The zero-order chi connectivity index (χ0) is 16.1. The molecule has 0 saturated carbocycles. The highest BCUT2D eigenvalue weighted by Gasteiger charge is 2.32. The number of rotatable bonds is 4. The first kappa shape index (κ1) is 16.0. The second-order valence-corrected chi connectivity index (χ2v) is 6.35. The van der Waals surface area contributed by atoms with Crippen molar-refractivity contribution >= 4 is 11.8 Å². The number of piperazine rings is 1. The van der Waals surface area contributed by atoms with Crippen LogP contribution < -0.4 is 5.32 Å². The molecule has 1 aromatic rings. The number of aryl methyl sites for hydroxylation is 1. The molecule has 1 atom stereocenters. The third kappa shape index (κ3) is 4.10. The van der Waals surface area contributed by atoms with E-state index >= 15 is 0 Å². The standard InChI is InChI=1S/C18H25N3O2/c22-17(8-4-7-15-5-2-1-3-6-15)21-11-9-16-18(23)19-10-12-20(16)13-14-21/h1-3,5-6,16H,4,7-14H2,(H,19,23)/t16-/m0/s1. The second-order valence-electron chi connectivity index (χ2n) is 6.35. The van der Waals surface area contributed by atoms with E-state index in [0.29, 0.717) is 13.0 Å². The molecule has 3 rings (SSSR count). The van der Waals surface area contributed by atoms with Crippen molar-refractivity contribution in [1.82, 2.24) is 15.1 Å². The van der Waals surface area contributed by atoms with Gasteiger partial charge in [0.1, 0.15) is 0 Å². The molecule has 0 radical (unpaired) electrons. The average Bonchev–Trinajstić information content (AvgIpc) is 2.79. The molecule has 2 amide bonds. The van der Waals surface area contributed by atoms with Gasteiger partial charge in [-0.25, -0.2) is 0 Å². The molecular weight excluding hydrogens is 290 g/mol. The summed E-state index contributed by atoms with van der Waals surface area (Å²) >= 11 is 0. The fraction of sp³-hybridized carbons (Fsp3) is 0.556. The molecule has 0 spiro atoms. The van der Waals surface area contributed by atoms with Crippen LogP contribution in [0.3, 0.4) is 0 Å². The van der Waals surface area contributed by atoms with Gasteiger partial charge in [-0.1, -0.05) is 30.3 Å². The van der Waals surface area contributed by atoms with E-state index < -0.39 is 0 Å². The number of carbonyl (C=O) groups excluding carboxylic acids is 2. The molecule has 2 fully saturated rings. The number of nitrogens with one attached hydrogen (secondary N) is 1. The van der Waals surface area contributed by atoms with Crippen molar-refractivity contribution in [3.05, 3.63) is 35.9 Å². The molecule has 2 aliphatic heterocycles. The summed E-state index contributed by atoms with van der Waals surface area (Å²) in [4.78, 5) is 28.5. The van der Waals surface area contributed by atoms with Gasteiger partial charge in [-0.15, -0.1) is 0 Å². The fourth-order valence-electron chi connectivity index (χ4n) is 3.48. The molecule has 2 aliphatic rings. The Morgan fingerprint density at radius 2 is 1.96 bits per heavy atom. The van der Waals surface area contributed by atoms with Gasteiger partial charge in [-0.3, -0.25) is 14.5 Å². The third-order valence-corrected chi connectivity index (χ3v) is 4.82. The normalized spacial score (nSPS) is 22.2. The first-order chi connectivity index (χ1) is 11.2. The van der Waals surface area contributed by atoms with E-state index in [1.165, 1.54) is 5.56 Å². The topological polar surface area (TPSA) is 52.7 Å². The van der Waals surface area contributed by atoms with E-state index in [-0.39, 0.29) is 17.9 Å². The van der Waals surface area contributed by atoms with Crippen LogP contribution in [-0.2, 0) is 16.0 Å². The minimum atomic E-state index is -0.0501. The first-order valence-corrected chi connectivity index (χ1v) is 8.57. The Bertz CT molecular complexity index is 546. The van der Waals surface area contributed by atoms with E-state index in [2.05, 4.69) is 22.3 Å². The predicted molar refractivity (Wildman–Crippen MR) is 88.9 cm³/mol. The smallest absolute Gasteiger partial charge is 0.237 e. The summed E-state index contributed by atoms with van der Waals surface area (Å²) < 4.78 is 0. The Morgan fingerprint density at radius 1 is 1.13 bits per heavy atom. The SMILES string of the molecule is O=C1NCCN2CCN(C(=O)CCCc3ccccc3)CC[C@@H]12. The van der Waals surface area contributed by atoms with E-state index in [9.17, 15) is 9.59 Å². The summed E-state index contributed by atoms with van der Waals surface area (Å²) in [6.45, 7) is 3.86.